The Hall–Kier alpha value is -1.95. The van der Waals surface area contributed by atoms with Crippen molar-refractivity contribution >= 4 is 5.95 Å². The lowest BCUT2D eigenvalue weighted by molar-refractivity contribution is 0.260. The van der Waals surface area contributed by atoms with Crippen molar-refractivity contribution in [2.45, 2.75) is 25.3 Å². The van der Waals surface area contributed by atoms with Crippen LogP contribution >= 0.6 is 0 Å². The number of rotatable bonds is 3. The molecule has 0 spiro atoms. The molecule has 4 rings (SSSR count). The molecule has 0 bridgehead atoms. The molecule has 1 aromatic heterocycles. The van der Waals surface area contributed by atoms with Crippen molar-refractivity contribution in [2.75, 3.05) is 31.1 Å². The molecule has 2 aliphatic heterocycles. The Morgan fingerprint density at radius 1 is 1.00 bits per heavy atom. The Morgan fingerprint density at radius 3 is 2.62 bits per heavy atom. The summed E-state index contributed by atoms with van der Waals surface area (Å²) in [4.78, 5) is 4.94. The summed E-state index contributed by atoms with van der Waals surface area (Å²) in [6, 6.07) is 10.8. The minimum Gasteiger partial charge on any atom is -0.338 e. The van der Waals surface area contributed by atoms with E-state index in [0.29, 0.717) is 6.04 Å². The SMILES string of the molecule is c1ccc(-n2nnnc2N2CC[C@@H](N3CCCC3)C2)cc1. The second-order valence-electron chi connectivity index (χ2n) is 5.86. The first-order valence-electron chi connectivity index (χ1n) is 7.74. The van der Waals surface area contributed by atoms with Gasteiger partial charge in [-0.2, -0.15) is 4.68 Å². The minimum absolute atomic E-state index is 0.661. The van der Waals surface area contributed by atoms with Crippen molar-refractivity contribution < 1.29 is 0 Å². The molecule has 0 N–H and O–H groups in total. The Kier molecular flexibility index (Phi) is 3.31. The van der Waals surface area contributed by atoms with E-state index in [-0.39, 0.29) is 0 Å². The van der Waals surface area contributed by atoms with E-state index in [2.05, 4.69) is 25.3 Å². The van der Waals surface area contributed by atoms with Gasteiger partial charge in [-0.3, -0.25) is 4.90 Å². The fourth-order valence-electron chi connectivity index (χ4n) is 3.44. The number of aromatic nitrogens is 4. The number of benzene rings is 1. The van der Waals surface area contributed by atoms with Gasteiger partial charge in [-0.05, 0) is 54.9 Å². The smallest absolute Gasteiger partial charge is 0.250 e. The van der Waals surface area contributed by atoms with Gasteiger partial charge < -0.3 is 4.90 Å². The van der Waals surface area contributed by atoms with Crippen LogP contribution < -0.4 is 4.90 Å². The van der Waals surface area contributed by atoms with Crippen molar-refractivity contribution in [1.82, 2.24) is 25.1 Å². The first-order valence-corrected chi connectivity index (χ1v) is 7.74. The molecule has 1 atom stereocenters. The van der Waals surface area contributed by atoms with Gasteiger partial charge in [-0.15, -0.1) is 0 Å². The molecule has 6 heteroatoms. The third-order valence-corrected chi connectivity index (χ3v) is 4.56. The Labute approximate surface area is 124 Å². The van der Waals surface area contributed by atoms with Gasteiger partial charge in [0.05, 0.1) is 5.69 Å². The van der Waals surface area contributed by atoms with Gasteiger partial charge in [0, 0.05) is 19.1 Å². The Balaban J connectivity index is 1.54. The highest BCUT2D eigenvalue weighted by Crippen LogP contribution is 2.24. The molecular formula is C15H20N6. The summed E-state index contributed by atoms with van der Waals surface area (Å²) in [5, 5.41) is 12.3. The summed E-state index contributed by atoms with van der Waals surface area (Å²) in [5.74, 6) is 0.864. The number of tetrazole rings is 1. The Bertz CT molecular complexity index is 589. The zero-order valence-corrected chi connectivity index (χ0v) is 12.1. The summed E-state index contributed by atoms with van der Waals surface area (Å²) < 4.78 is 1.84. The molecule has 0 unspecified atom stereocenters. The molecule has 6 nitrogen and oxygen atoms in total. The minimum atomic E-state index is 0.661. The van der Waals surface area contributed by atoms with Crippen LogP contribution in [0.5, 0.6) is 0 Å². The van der Waals surface area contributed by atoms with E-state index in [1.807, 2.05) is 35.0 Å². The van der Waals surface area contributed by atoms with Crippen LogP contribution in [0, 0.1) is 0 Å². The summed E-state index contributed by atoms with van der Waals surface area (Å²) in [6.45, 7) is 4.58. The molecule has 0 aliphatic carbocycles. The maximum atomic E-state index is 4.24. The average molecular weight is 284 g/mol. The van der Waals surface area contributed by atoms with Gasteiger partial charge in [0.25, 0.3) is 0 Å². The zero-order valence-electron chi connectivity index (χ0n) is 12.1. The highest BCUT2D eigenvalue weighted by atomic mass is 15.6. The lowest BCUT2D eigenvalue weighted by Gasteiger charge is -2.23. The first-order chi connectivity index (χ1) is 10.4. The van der Waals surface area contributed by atoms with E-state index < -0.39 is 0 Å². The van der Waals surface area contributed by atoms with Gasteiger partial charge in [-0.25, -0.2) is 0 Å². The van der Waals surface area contributed by atoms with Crippen molar-refractivity contribution in [3.05, 3.63) is 30.3 Å². The largest absolute Gasteiger partial charge is 0.338 e. The van der Waals surface area contributed by atoms with Gasteiger partial charge in [0.15, 0.2) is 0 Å². The number of para-hydroxylation sites is 1. The lowest BCUT2D eigenvalue weighted by Crippen LogP contribution is -2.35. The molecule has 0 amide bonds. The van der Waals surface area contributed by atoms with Crippen LogP contribution in [-0.2, 0) is 0 Å². The van der Waals surface area contributed by atoms with Crippen LogP contribution in [0.4, 0.5) is 5.95 Å². The van der Waals surface area contributed by atoms with Gasteiger partial charge >= 0.3 is 0 Å². The summed E-state index contributed by atoms with van der Waals surface area (Å²) in [7, 11) is 0. The molecule has 2 aromatic rings. The number of hydrogen-bond donors (Lipinski definition) is 0. The molecule has 110 valence electrons. The van der Waals surface area contributed by atoms with E-state index >= 15 is 0 Å². The molecule has 3 heterocycles. The maximum Gasteiger partial charge on any atom is 0.250 e. The normalized spacial score (nSPS) is 23.0. The fourth-order valence-corrected chi connectivity index (χ4v) is 3.44. The number of anilines is 1. The molecule has 2 fully saturated rings. The van der Waals surface area contributed by atoms with Crippen LogP contribution in [-0.4, -0.2) is 57.3 Å². The van der Waals surface area contributed by atoms with Gasteiger partial charge in [0.1, 0.15) is 0 Å². The van der Waals surface area contributed by atoms with E-state index in [1.165, 1.54) is 32.4 Å². The summed E-state index contributed by atoms with van der Waals surface area (Å²) in [6.07, 6.45) is 3.90. The van der Waals surface area contributed by atoms with Crippen molar-refractivity contribution in [3.8, 4) is 5.69 Å². The number of hydrogen-bond acceptors (Lipinski definition) is 5. The lowest BCUT2D eigenvalue weighted by atomic mass is 10.2. The molecule has 0 radical (unpaired) electrons. The topological polar surface area (TPSA) is 50.1 Å². The van der Waals surface area contributed by atoms with Crippen LogP contribution in [0.3, 0.4) is 0 Å². The third-order valence-electron chi connectivity index (χ3n) is 4.56. The highest BCUT2D eigenvalue weighted by molar-refractivity contribution is 5.41. The van der Waals surface area contributed by atoms with Crippen molar-refractivity contribution in [1.29, 1.82) is 0 Å². The average Bonchev–Trinajstić information content (AvgIpc) is 3.27. The van der Waals surface area contributed by atoms with Gasteiger partial charge in [0.2, 0.25) is 5.95 Å². The van der Waals surface area contributed by atoms with Crippen LogP contribution in [0.2, 0.25) is 0 Å². The third kappa shape index (κ3) is 2.40. The monoisotopic (exact) mass is 284 g/mol. The predicted octanol–water partition coefficient (Wildman–Crippen LogP) is 1.34. The number of nitrogens with zero attached hydrogens (tertiary/aromatic N) is 6. The van der Waals surface area contributed by atoms with Crippen molar-refractivity contribution in [2.24, 2.45) is 0 Å². The predicted molar refractivity (Wildman–Crippen MR) is 80.6 cm³/mol. The van der Waals surface area contributed by atoms with E-state index in [4.69, 9.17) is 0 Å². The summed E-state index contributed by atoms with van der Waals surface area (Å²) in [5.41, 5.74) is 1.02. The standard InChI is InChI=1S/C15H20N6/c1-2-6-13(7-3-1)21-15(16-17-18-21)20-11-8-14(12-20)19-9-4-5-10-19/h1-3,6-7,14H,4-5,8-12H2/t14-/m1/s1. The summed E-state index contributed by atoms with van der Waals surface area (Å²) >= 11 is 0. The van der Waals surface area contributed by atoms with Gasteiger partial charge in [-0.1, -0.05) is 23.3 Å². The maximum absolute atomic E-state index is 4.24. The number of likely N-dealkylation sites (tertiary alicyclic amines) is 1. The molecular weight excluding hydrogens is 264 g/mol. The molecule has 0 saturated carbocycles. The van der Waals surface area contributed by atoms with Crippen LogP contribution in [0.25, 0.3) is 5.69 Å². The van der Waals surface area contributed by atoms with Crippen molar-refractivity contribution in [3.63, 3.8) is 0 Å². The van der Waals surface area contributed by atoms with E-state index in [9.17, 15) is 0 Å². The fraction of sp³-hybridized carbons (Fsp3) is 0.533. The van der Waals surface area contributed by atoms with Crippen LogP contribution in [0.15, 0.2) is 30.3 Å². The zero-order chi connectivity index (χ0) is 14.1. The first kappa shape index (κ1) is 12.8. The second kappa shape index (κ2) is 5.44. The molecule has 2 saturated heterocycles. The van der Waals surface area contributed by atoms with E-state index in [1.54, 1.807) is 0 Å². The highest BCUT2D eigenvalue weighted by Gasteiger charge is 2.31. The van der Waals surface area contributed by atoms with Crippen LogP contribution in [0.1, 0.15) is 19.3 Å². The molecule has 1 aromatic carbocycles. The Morgan fingerprint density at radius 2 is 1.81 bits per heavy atom. The second-order valence-corrected chi connectivity index (χ2v) is 5.86. The van der Waals surface area contributed by atoms with E-state index in [0.717, 1.165) is 24.7 Å². The molecule has 21 heavy (non-hydrogen) atoms. The molecule has 2 aliphatic rings. The quantitative estimate of drug-likeness (QED) is 0.851.